The van der Waals surface area contributed by atoms with Gasteiger partial charge in [0.25, 0.3) is 0 Å². The number of benzene rings is 1. The molecule has 124 valence electrons. The molecule has 0 aliphatic heterocycles. The predicted molar refractivity (Wildman–Crippen MR) is 92.2 cm³/mol. The zero-order valence-electron chi connectivity index (χ0n) is 14.7. The average molecular weight is 314 g/mol. The highest BCUT2D eigenvalue weighted by molar-refractivity contribution is 6.08. The number of fused-ring (bicyclic) bond motifs is 1. The Morgan fingerprint density at radius 2 is 1.57 bits per heavy atom. The summed E-state index contributed by atoms with van der Waals surface area (Å²) in [5, 5.41) is 8.74. The van der Waals surface area contributed by atoms with Crippen LogP contribution < -0.4 is 0 Å². The SMILES string of the molecule is CCc1cc2c(cc1C(=O)/C=C\C(=O)O)C(C)(C)CCC2(C)C. The molecule has 3 nitrogen and oxygen atoms in total. The van der Waals surface area contributed by atoms with E-state index in [0.29, 0.717) is 5.56 Å². The fraction of sp³-hybridized carbons (Fsp3) is 0.500. The summed E-state index contributed by atoms with van der Waals surface area (Å²) in [5.74, 6) is -1.33. The molecule has 1 aromatic carbocycles. The van der Waals surface area contributed by atoms with Crippen LogP contribution in [0.2, 0.25) is 0 Å². The summed E-state index contributed by atoms with van der Waals surface area (Å²) in [5.41, 5.74) is 4.31. The number of rotatable bonds is 4. The first kappa shape index (κ1) is 17.5. The van der Waals surface area contributed by atoms with E-state index in [1.807, 2.05) is 13.0 Å². The Balaban J connectivity index is 2.62. The van der Waals surface area contributed by atoms with Crippen molar-refractivity contribution in [3.8, 4) is 0 Å². The first-order valence-electron chi connectivity index (χ1n) is 8.22. The van der Waals surface area contributed by atoms with E-state index in [2.05, 4.69) is 33.8 Å². The van der Waals surface area contributed by atoms with E-state index in [1.54, 1.807) is 0 Å². The number of aliphatic carboxylic acids is 1. The first-order valence-corrected chi connectivity index (χ1v) is 8.22. The lowest BCUT2D eigenvalue weighted by Crippen LogP contribution is -2.34. The van der Waals surface area contributed by atoms with Gasteiger partial charge in [0.05, 0.1) is 0 Å². The molecule has 0 atom stereocenters. The molecule has 0 saturated heterocycles. The second-order valence-corrected chi connectivity index (χ2v) is 7.71. The number of carboxylic acid groups (broad SMARTS) is 1. The summed E-state index contributed by atoms with van der Waals surface area (Å²) in [4.78, 5) is 23.1. The molecule has 1 aliphatic rings. The van der Waals surface area contributed by atoms with Gasteiger partial charge in [-0.2, -0.15) is 0 Å². The van der Waals surface area contributed by atoms with Crippen LogP contribution in [-0.4, -0.2) is 16.9 Å². The number of hydrogen-bond donors (Lipinski definition) is 1. The Bertz CT molecular complexity index is 678. The lowest BCUT2D eigenvalue weighted by molar-refractivity contribution is -0.131. The van der Waals surface area contributed by atoms with Crippen LogP contribution in [0.5, 0.6) is 0 Å². The van der Waals surface area contributed by atoms with Crippen LogP contribution in [0.3, 0.4) is 0 Å². The Kier molecular flexibility index (Phi) is 4.52. The van der Waals surface area contributed by atoms with Gasteiger partial charge in [0.2, 0.25) is 0 Å². The van der Waals surface area contributed by atoms with Gasteiger partial charge in [0.15, 0.2) is 5.78 Å². The quantitative estimate of drug-likeness (QED) is 0.661. The fourth-order valence-electron chi connectivity index (χ4n) is 3.42. The van der Waals surface area contributed by atoms with E-state index in [-0.39, 0.29) is 16.6 Å². The zero-order valence-corrected chi connectivity index (χ0v) is 14.7. The Labute approximate surface area is 138 Å². The van der Waals surface area contributed by atoms with E-state index in [1.165, 1.54) is 11.1 Å². The molecule has 2 rings (SSSR count). The number of carbonyl (C=O) groups is 2. The standard InChI is InChI=1S/C20H26O3/c1-6-13-11-15-16(20(4,5)10-9-19(15,2)3)12-14(13)17(21)7-8-18(22)23/h7-8,11-12H,6,9-10H2,1-5H3,(H,22,23)/b8-7-. The van der Waals surface area contributed by atoms with E-state index in [4.69, 9.17) is 5.11 Å². The smallest absolute Gasteiger partial charge is 0.328 e. The first-order chi connectivity index (χ1) is 10.6. The third-order valence-corrected chi connectivity index (χ3v) is 5.10. The molecule has 0 amide bonds. The van der Waals surface area contributed by atoms with Gasteiger partial charge < -0.3 is 5.11 Å². The summed E-state index contributed by atoms with van der Waals surface area (Å²) in [6, 6.07) is 4.17. The van der Waals surface area contributed by atoms with E-state index in [9.17, 15) is 9.59 Å². The number of ketones is 1. The van der Waals surface area contributed by atoms with Crippen LogP contribution in [0.1, 0.15) is 74.5 Å². The van der Waals surface area contributed by atoms with Crippen molar-refractivity contribution in [2.24, 2.45) is 0 Å². The van der Waals surface area contributed by atoms with Gasteiger partial charge in [0.1, 0.15) is 0 Å². The van der Waals surface area contributed by atoms with Gasteiger partial charge >= 0.3 is 5.97 Å². The average Bonchev–Trinajstić information content (AvgIpc) is 2.48. The number of aryl methyl sites for hydroxylation is 1. The monoisotopic (exact) mass is 314 g/mol. The minimum Gasteiger partial charge on any atom is -0.478 e. The summed E-state index contributed by atoms with van der Waals surface area (Å²) in [6.07, 6.45) is 5.03. The summed E-state index contributed by atoms with van der Waals surface area (Å²) < 4.78 is 0. The molecular formula is C20H26O3. The third kappa shape index (κ3) is 3.39. The predicted octanol–water partition coefficient (Wildman–Crippen LogP) is 4.42. The molecule has 3 heteroatoms. The second-order valence-electron chi connectivity index (χ2n) is 7.71. The summed E-state index contributed by atoms with van der Waals surface area (Å²) in [7, 11) is 0. The van der Waals surface area contributed by atoms with Crippen LogP contribution in [0.25, 0.3) is 0 Å². The van der Waals surface area contributed by atoms with Crippen LogP contribution >= 0.6 is 0 Å². The van der Waals surface area contributed by atoms with Crippen molar-refractivity contribution in [2.45, 2.75) is 64.7 Å². The topological polar surface area (TPSA) is 54.4 Å². The summed E-state index contributed by atoms with van der Waals surface area (Å²) in [6.45, 7) is 11.0. The molecule has 0 radical (unpaired) electrons. The van der Waals surface area contributed by atoms with Crippen LogP contribution in [0.15, 0.2) is 24.3 Å². The normalized spacial score (nSPS) is 18.7. The van der Waals surface area contributed by atoms with Crippen molar-refractivity contribution in [1.29, 1.82) is 0 Å². The number of carbonyl (C=O) groups excluding carboxylic acids is 1. The van der Waals surface area contributed by atoms with Crippen molar-refractivity contribution < 1.29 is 14.7 Å². The molecule has 1 aromatic rings. The molecule has 0 spiro atoms. The Hall–Kier alpha value is -1.90. The van der Waals surface area contributed by atoms with Crippen molar-refractivity contribution in [1.82, 2.24) is 0 Å². The minimum absolute atomic E-state index is 0.0304. The lowest BCUT2D eigenvalue weighted by atomic mass is 9.62. The molecule has 0 fully saturated rings. The van der Waals surface area contributed by atoms with Gasteiger partial charge in [-0.1, -0.05) is 40.7 Å². The number of allylic oxidation sites excluding steroid dienone is 1. The van der Waals surface area contributed by atoms with E-state index >= 15 is 0 Å². The highest BCUT2D eigenvalue weighted by Gasteiger charge is 2.37. The molecule has 0 unspecified atom stereocenters. The van der Waals surface area contributed by atoms with Crippen LogP contribution in [0.4, 0.5) is 0 Å². The molecule has 0 heterocycles. The molecular weight excluding hydrogens is 288 g/mol. The number of carboxylic acids is 1. The Morgan fingerprint density at radius 3 is 2.04 bits per heavy atom. The number of hydrogen-bond acceptors (Lipinski definition) is 2. The van der Waals surface area contributed by atoms with E-state index in [0.717, 1.165) is 37.0 Å². The lowest BCUT2D eigenvalue weighted by Gasteiger charge is -2.42. The van der Waals surface area contributed by atoms with Crippen LogP contribution in [0, 0.1) is 0 Å². The molecule has 0 saturated carbocycles. The molecule has 0 aromatic heterocycles. The van der Waals surface area contributed by atoms with Crippen molar-refractivity contribution in [3.05, 3.63) is 46.5 Å². The second kappa shape index (κ2) is 5.95. The van der Waals surface area contributed by atoms with Gasteiger partial charge in [-0.3, -0.25) is 4.79 Å². The maximum absolute atomic E-state index is 12.4. The van der Waals surface area contributed by atoms with Crippen LogP contribution in [-0.2, 0) is 22.0 Å². The van der Waals surface area contributed by atoms with Gasteiger partial charge in [-0.15, -0.1) is 0 Å². The highest BCUT2D eigenvalue weighted by atomic mass is 16.4. The van der Waals surface area contributed by atoms with Crippen molar-refractivity contribution in [2.75, 3.05) is 0 Å². The largest absolute Gasteiger partial charge is 0.478 e. The molecule has 1 aliphatic carbocycles. The van der Waals surface area contributed by atoms with Gasteiger partial charge in [-0.25, -0.2) is 4.79 Å². The molecule has 23 heavy (non-hydrogen) atoms. The van der Waals surface area contributed by atoms with Gasteiger partial charge in [0, 0.05) is 11.6 Å². The third-order valence-electron chi connectivity index (χ3n) is 5.10. The van der Waals surface area contributed by atoms with E-state index < -0.39 is 5.97 Å². The maximum atomic E-state index is 12.4. The minimum atomic E-state index is -1.10. The van der Waals surface area contributed by atoms with Crippen molar-refractivity contribution >= 4 is 11.8 Å². The Morgan fingerprint density at radius 1 is 1.04 bits per heavy atom. The molecule has 1 N–H and O–H groups in total. The maximum Gasteiger partial charge on any atom is 0.328 e. The molecule has 0 bridgehead atoms. The zero-order chi connectivity index (χ0) is 17.4. The highest BCUT2D eigenvalue weighted by Crippen LogP contribution is 2.46. The fourth-order valence-corrected chi connectivity index (χ4v) is 3.42. The van der Waals surface area contributed by atoms with Crippen molar-refractivity contribution in [3.63, 3.8) is 0 Å². The summed E-state index contributed by atoms with van der Waals surface area (Å²) >= 11 is 0. The van der Waals surface area contributed by atoms with Gasteiger partial charge in [-0.05, 0) is 58.9 Å².